The largest absolute Gasteiger partial charge is 0.479 e. The summed E-state index contributed by atoms with van der Waals surface area (Å²) in [7, 11) is 0. The average Bonchev–Trinajstić information content (AvgIpc) is 2.73. The van der Waals surface area contributed by atoms with Crippen molar-refractivity contribution in [2.75, 3.05) is 5.32 Å². The molecular weight excluding hydrogens is 414 g/mol. The number of carbonyl (C=O) groups is 3. The highest BCUT2D eigenvalue weighted by atomic mass is 16.7. The Hall–Kier alpha value is -2.73. The van der Waals surface area contributed by atoms with Crippen LogP contribution in [-0.4, -0.2) is 69.0 Å². The van der Waals surface area contributed by atoms with Crippen LogP contribution in [0.25, 0.3) is 0 Å². The highest BCUT2D eigenvalue weighted by molar-refractivity contribution is 5.93. The maximum atomic E-state index is 12.2. The normalized spacial score (nSPS) is 25.7. The molecule has 1 saturated heterocycles. The zero-order valence-electron chi connectivity index (χ0n) is 17.3. The first-order chi connectivity index (χ1) is 14.5. The molecule has 1 aliphatic heterocycles. The average molecular weight is 441 g/mol. The lowest BCUT2D eigenvalue weighted by molar-refractivity contribution is -0.271. The van der Waals surface area contributed by atoms with Crippen LogP contribution in [-0.2, 0) is 30.5 Å². The van der Waals surface area contributed by atoms with Crippen molar-refractivity contribution in [2.24, 2.45) is 5.92 Å². The number of carbonyl (C=O) groups excluding carboxylic acids is 2. The van der Waals surface area contributed by atoms with Crippen LogP contribution in [0.5, 0.6) is 5.75 Å². The molecule has 1 aliphatic rings. The van der Waals surface area contributed by atoms with E-state index in [0.717, 1.165) is 0 Å². The van der Waals surface area contributed by atoms with E-state index in [-0.39, 0.29) is 36.3 Å². The summed E-state index contributed by atoms with van der Waals surface area (Å²) in [4.78, 5) is 34.9. The smallest absolute Gasteiger partial charge is 0.335 e. The number of carboxylic acids is 1. The van der Waals surface area contributed by atoms with Crippen LogP contribution in [0.15, 0.2) is 18.2 Å². The lowest BCUT2D eigenvalue weighted by Crippen LogP contribution is -2.61. The van der Waals surface area contributed by atoms with Gasteiger partial charge in [0, 0.05) is 12.3 Å². The Morgan fingerprint density at radius 1 is 1.13 bits per heavy atom. The molecule has 172 valence electrons. The number of benzene rings is 1. The number of amides is 1. The summed E-state index contributed by atoms with van der Waals surface area (Å²) in [6, 6.07) is 4.44. The fourth-order valence-electron chi connectivity index (χ4n) is 2.68. The topological polar surface area (TPSA) is 172 Å². The Balaban J connectivity index is 2.29. The molecule has 0 aromatic heterocycles. The van der Waals surface area contributed by atoms with E-state index in [1.54, 1.807) is 26.8 Å². The molecule has 2 rings (SSSR count). The van der Waals surface area contributed by atoms with Gasteiger partial charge in [0.25, 0.3) is 0 Å². The second-order valence-electron chi connectivity index (χ2n) is 7.34. The highest BCUT2D eigenvalue weighted by Gasteiger charge is 2.48. The van der Waals surface area contributed by atoms with Crippen LogP contribution in [0, 0.1) is 5.92 Å². The van der Waals surface area contributed by atoms with Crippen LogP contribution in [0.2, 0.25) is 0 Å². The number of ether oxygens (including phenoxy) is 3. The number of hydrogen-bond acceptors (Lipinski definition) is 9. The number of aliphatic carboxylic acids is 1. The van der Waals surface area contributed by atoms with Crippen LogP contribution < -0.4 is 10.1 Å². The number of rotatable bonds is 8. The van der Waals surface area contributed by atoms with Gasteiger partial charge in [0.2, 0.25) is 12.2 Å². The Labute approximate surface area is 178 Å². The molecule has 1 aromatic carbocycles. The van der Waals surface area contributed by atoms with Crippen molar-refractivity contribution in [3.63, 3.8) is 0 Å². The van der Waals surface area contributed by atoms with E-state index >= 15 is 0 Å². The molecule has 1 amide bonds. The molecule has 11 nitrogen and oxygen atoms in total. The molecule has 5 N–H and O–H groups in total. The van der Waals surface area contributed by atoms with Crippen LogP contribution in [0.1, 0.15) is 32.8 Å². The zero-order valence-corrected chi connectivity index (χ0v) is 17.3. The molecule has 0 aliphatic carbocycles. The number of aliphatic hydroxyl groups is 3. The van der Waals surface area contributed by atoms with Gasteiger partial charge < -0.3 is 40.0 Å². The lowest BCUT2D eigenvalue weighted by atomic mass is 9.99. The summed E-state index contributed by atoms with van der Waals surface area (Å²) in [6.45, 7) is 4.95. The Bertz CT molecular complexity index is 811. The third-order valence-corrected chi connectivity index (χ3v) is 4.57. The standard InChI is InChI=1S/C20H27NO10/c1-4-13(22)29-8-10-5-6-12(11(7-10)21-18(26)9(2)3)30-20-16(25)14(23)15(24)17(31-20)19(27)28/h5-7,9,14-17,20,23-25H,4,8H2,1-3H3,(H,21,26)(H,27,28)/t14-,15-,16+,17-,20+/m0/s1. The van der Waals surface area contributed by atoms with E-state index in [1.165, 1.54) is 12.1 Å². The van der Waals surface area contributed by atoms with E-state index in [0.29, 0.717) is 5.56 Å². The van der Waals surface area contributed by atoms with Crippen LogP contribution in [0.4, 0.5) is 5.69 Å². The molecule has 0 bridgehead atoms. The predicted molar refractivity (Wildman–Crippen MR) is 105 cm³/mol. The maximum Gasteiger partial charge on any atom is 0.335 e. The van der Waals surface area contributed by atoms with Gasteiger partial charge in [-0.1, -0.05) is 26.8 Å². The molecule has 11 heteroatoms. The molecule has 0 saturated carbocycles. The van der Waals surface area contributed by atoms with Crippen molar-refractivity contribution in [3.8, 4) is 5.75 Å². The first kappa shape index (κ1) is 24.5. The van der Waals surface area contributed by atoms with Crippen molar-refractivity contribution < 1.29 is 49.0 Å². The summed E-state index contributed by atoms with van der Waals surface area (Å²) in [5.41, 5.74) is 0.698. The van der Waals surface area contributed by atoms with E-state index in [9.17, 15) is 29.7 Å². The third kappa shape index (κ3) is 6.14. The third-order valence-electron chi connectivity index (χ3n) is 4.57. The highest BCUT2D eigenvalue weighted by Crippen LogP contribution is 2.31. The Morgan fingerprint density at radius 3 is 2.39 bits per heavy atom. The summed E-state index contributed by atoms with van der Waals surface area (Å²) in [5, 5.41) is 41.7. The van der Waals surface area contributed by atoms with Gasteiger partial charge in [-0.05, 0) is 17.7 Å². The Morgan fingerprint density at radius 2 is 1.81 bits per heavy atom. The van der Waals surface area contributed by atoms with Gasteiger partial charge in [0.15, 0.2) is 6.10 Å². The Kier molecular flexibility index (Phi) is 8.34. The molecular formula is C20H27NO10. The van der Waals surface area contributed by atoms with Crippen LogP contribution in [0.3, 0.4) is 0 Å². The molecule has 1 aromatic rings. The minimum atomic E-state index is -1.86. The molecule has 0 unspecified atom stereocenters. The van der Waals surface area contributed by atoms with E-state index in [4.69, 9.17) is 19.3 Å². The fraction of sp³-hybridized carbons (Fsp3) is 0.550. The van der Waals surface area contributed by atoms with Crippen molar-refractivity contribution in [1.82, 2.24) is 0 Å². The van der Waals surface area contributed by atoms with Gasteiger partial charge >= 0.3 is 11.9 Å². The number of anilines is 1. The number of carboxylic acid groups (broad SMARTS) is 1. The molecule has 0 radical (unpaired) electrons. The van der Waals surface area contributed by atoms with Gasteiger partial charge in [-0.25, -0.2) is 4.79 Å². The van der Waals surface area contributed by atoms with Gasteiger partial charge in [-0.2, -0.15) is 0 Å². The first-order valence-corrected chi connectivity index (χ1v) is 9.73. The second kappa shape index (κ2) is 10.5. The lowest BCUT2D eigenvalue weighted by Gasteiger charge is -2.38. The predicted octanol–water partition coefficient (Wildman–Crippen LogP) is 0.00530. The minimum Gasteiger partial charge on any atom is -0.479 e. The van der Waals surface area contributed by atoms with Crippen LogP contribution >= 0.6 is 0 Å². The van der Waals surface area contributed by atoms with E-state index in [1.807, 2.05) is 0 Å². The molecule has 5 atom stereocenters. The minimum absolute atomic E-state index is 0.0105. The van der Waals surface area contributed by atoms with Gasteiger partial charge in [0.1, 0.15) is 30.7 Å². The van der Waals surface area contributed by atoms with Crippen molar-refractivity contribution in [3.05, 3.63) is 23.8 Å². The number of nitrogens with one attached hydrogen (secondary N) is 1. The summed E-state index contributed by atoms with van der Waals surface area (Å²) < 4.78 is 15.7. The van der Waals surface area contributed by atoms with Gasteiger partial charge in [-0.3, -0.25) is 9.59 Å². The van der Waals surface area contributed by atoms with E-state index in [2.05, 4.69) is 5.32 Å². The zero-order chi connectivity index (χ0) is 23.3. The van der Waals surface area contributed by atoms with Crippen molar-refractivity contribution in [1.29, 1.82) is 0 Å². The van der Waals surface area contributed by atoms with E-state index < -0.39 is 42.6 Å². The quantitative estimate of drug-likeness (QED) is 0.346. The number of aliphatic hydroxyl groups excluding tert-OH is 3. The summed E-state index contributed by atoms with van der Waals surface area (Å²) >= 11 is 0. The first-order valence-electron chi connectivity index (χ1n) is 9.73. The fourth-order valence-corrected chi connectivity index (χ4v) is 2.68. The SMILES string of the molecule is CCC(=O)OCc1ccc(O[C@@H]2O[C@H](C(=O)O)[C@@H](O)[C@H](O)[C@H]2O)c(NC(=O)C(C)C)c1. The molecule has 1 fully saturated rings. The second-order valence-corrected chi connectivity index (χ2v) is 7.34. The maximum absolute atomic E-state index is 12.2. The molecule has 0 spiro atoms. The number of hydrogen-bond donors (Lipinski definition) is 5. The molecule has 31 heavy (non-hydrogen) atoms. The van der Waals surface area contributed by atoms with Gasteiger partial charge in [-0.15, -0.1) is 0 Å². The van der Waals surface area contributed by atoms with Crippen molar-refractivity contribution >= 4 is 23.5 Å². The molecule has 1 heterocycles. The summed E-state index contributed by atoms with van der Waals surface area (Å²) in [6.07, 6.45) is -8.72. The monoisotopic (exact) mass is 441 g/mol. The number of esters is 1. The summed E-state index contributed by atoms with van der Waals surface area (Å²) in [5.74, 6) is -2.67. The van der Waals surface area contributed by atoms with Crippen molar-refractivity contribution in [2.45, 2.75) is 64.5 Å². The van der Waals surface area contributed by atoms with Gasteiger partial charge in [0.05, 0.1) is 5.69 Å².